The van der Waals surface area contributed by atoms with Gasteiger partial charge in [-0.25, -0.2) is 9.67 Å². The summed E-state index contributed by atoms with van der Waals surface area (Å²) in [6.45, 7) is 1.59. The van der Waals surface area contributed by atoms with Crippen molar-refractivity contribution >= 4 is 17.2 Å². The number of thiophene rings is 1. The third-order valence-corrected chi connectivity index (χ3v) is 5.32. The Hall–Kier alpha value is -1.69. The predicted molar refractivity (Wildman–Crippen MR) is 80.5 cm³/mol. The first-order valence-corrected chi connectivity index (χ1v) is 8.41. The van der Waals surface area contributed by atoms with Crippen LogP contribution in [0.15, 0.2) is 24.1 Å². The summed E-state index contributed by atoms with van der Waals surface area (Å²) in [6.07, 6.45) is 7.87. The van der Waals surface area contributed by atoms with Crippen molar-refractivity contribution in [1.82, 2.24) is 19.7 Å². The van der Waals surface area contributed by atoms with Crippen LogP contribution in [0.2, 0.25) is 0 Å². The maximum absolute atomic E-state index is 12.8. The first-order chi connectivity index (χ1) is 10.3. The van der Waals surface area contributed by atoms with Crippen molar-refractivity contribution in [2.24, 2.45) is 0 Å². The molecule has 6 heteroatoms. The molecule has 1 saturated heterocycles. The summed E-state index contributed by atoms with van der Waals surface area (Å²) < 4.78 is 1.88. The van der Waals surface area contributed by atoms with E-state index in [1.807, 2.05) is 9.58 Å². The van der Waals surface area contributed by atoms with Crippen LogP contribution in [-0.4, -0.2) is 38.7 Å². The number of rotatable bonds is 3. The quantitative estimate of drug-likeness (QED) is 0.876. The Morgan fingerprint density at radius 1 is 1.33 bits per heavy atom. The molecule has 1 saturated carbocycles. The molecule has 1 atom stereocenters. The Balaban J connectivity index is 1.52. The van der Waals surface area contributed by atoms with Crippen molar-refractivity contribution in [3.63, 3.8) is 0 Å². The van der Waals surface area contributed by atoms with Crippen LogP contribution in [-0.2, 0) is 0 Å². The maximum Gasteiger partial charge on any atom is 0.264 e. The lowest BCUT2D eigenvalue weighted by molar-refractivity contribution is 0.0676. The van der Waals surface area contributed by atoms with Crippen LogP contribution in [0.5, 0.6) is 0 Å². The van der Waals surface area contributed by atoms with Crippen LogP contribution in [0.1, 0.15) is 52.9 Å². The number of hydrogen-bond acceptors (Lipinski definition) is 4. The van der Waals surface area contributed by atoms with Gasteiger partial charge in [-0.05, 0) is 48.6 Å². The number of aromatic nitrogens is 3. The largest absolute Gasteiger partial charge is 0.336 e. The van der Waals surface area contributed by atoms with E-state index in [0.29, 0.717) is 5.92 Å². The molecule has 1 aliphatic heterocycles. The summed E-state index contributed by atoms with van der Waals surface area (Å²) in [5, 5.41) is 6.28. The highest BCUT2D eigenvalue weighted by atomic mass is 32.1. The zero-order valence-electron chi connectivity index (χ0n) is 11.8. The molecule has 0 bridgehead atoms. The molecule has 1 amide bonds. The lowest BCUT2D eigenvalue weighted by atomic mass is 10.0. The van der Waals surface area contributed by atoms with Gasteiger partial charge in [-0.15, -0.1) is 11.3 Å². The van der Waals surface area contributed by atoms with Crippen molar-refractivity contribution in [2.45, 2.75) is 37.6 Å². The van der Waals surface area contributed by atoms with E-state index in [9.17, 15) is 4.79 Å². The fourth-order valence-corrected chi connectivity index (χ4v) is 4.06. The minimum absolute atomic E-state index is 0.205. The summed E-state index contributed by atoms with van der Waals surface area (Å²) in [7, 11) is 0. The SMILES string of the molecule is O=C(c1sccc1C1CC1)N1CCC[C@@H](n2cncn2)C1. The van der Waals surface area contributed by atoms with Crippen molar-refractivity contribution in [3.8, 4) is 0 Å². The van der Waals surface area contributed by atoms with Crippen molar-refractivity contribution in [1.29, 1.82) is 0 Å². The van der Waals surface area contributed by atoms with E-state index in [0.717, 1.165) is 30.8 Å². The first-order valence-electron chi connectivity index (χ1n) is 7.53. The third kappa shape index (κ3) is 2.48. The Morgan fingerprint density at radius 2 is 2.24 bits per heavy atom. The molecule has 5 nitrogen and oxygen atoms in total. The number of carbonyl (C=O) groups is 1. The molecule has 0 N–H and O–H groups in total. The van der Waals surface area contributed by atoms with Crippen molar-refractivity contribution in [3.05, 3.63) is 34.5 Å². The summed E-state index contributed by atoms with van der Waals surface area (Å²) >= 11 is 1.59. The first kappa shape index (κ1) is 13.0. The van der Waals surface area contributed by atoms with Crippen LogP contribution >= 0.6 is 11.3 Å². The topological polar surface area (TPSA) is 51.0 Å². The number of carbonyl (C=O) groups excluding carboxylic acids is 1. The zero-order chi connectivity index (χ0) is 14.2. The van der Waals surface area contributed by atoms with E-state index in [1.54, 1.807) is 24.0 Å². The van der Waals surface area contributed by atoms with Gasteiger partial charge in [0.1, 0.15) is 12.7 Å². The minimum atomic E-state index is 0.205. The summed E-state index contributed by atoms with van der Waals surface area (Å²) in [4.78, 5) is 19.8. The molecule has 0 unspecified atom stereocenters. The van der Waals surface area contributed by atoms with Crippen LogP contribution < -0.4 is 0 Å². The fourth-order valence-electron chi connectivity index (χ4n) is 3.11. The van der Waals surface area contributed by atoms with Crippen LogP contribution in [0.3, 0.4) is 0 Å². The monoisotopic (exact) mass is 302 g/mol. The number of nitrogens with zero attached hydrogens (tertiary/aromatic N) is 4. The molecule has 2 aromatic rings. The average Bonchev–Trinajstić information content (AvgIpc) is 3.05. The van der Waals surface area contributed by atoms with E-state index in [-0.39, 0.29) is 11.9 Å². The molecule has 0 aromatic carbocycles. The van der Waals surface area contributed by atoms with Crippen LogP contribution in [0, 0.1) is 0 Å². The van der Waals surface area contributed by atoms with Gasteiger partial charge in [-0.2, -0.15) is 5.10 Å². The molecule has 110 valence electrons. The molecule has 2 fully saturated rings. The molecule has 21 heavy (non-hydrogen) atoms. The second-order valence-electron chi connectivity index (χ2n) is 5.90. The average molecular weight is 302 g/mol. The standard InChI is InChI=1S/C15H18N4OS/c20-15(14-13(5-7-21-14)11-3-4-11)18-6-1-2-12(8-18)19-10-16-9-17-19/h5,7,9-12H,1-4,6,8H2/t12-/m1/s1. The van der Waals surface area contributed by atoms with Crippen molar-refractivity contribution in [2.75, 3.05) is 13.1 Å². The Kier molecular flexibility index (Phi) is 3.25. The van der Waals surface area contributed by atoms with Crippen molar-refractivity contribution < 1.29 is 4.79 Å². The molecular weight excluding hydrogens is 284 g/mol. The molecule has 2 aliphatic rings. The molecule has 0 spiro atoms. The normalized spacial score (nSPS) is 22.5. The van der Waals surface area contributed by atoms with Gasteiger partial charge < -0.3 is 4.90 Å². The Morgan fingerprint density at radius 3 is 3.00 bits per heavy atom. The predicted octanol–water partition coefficient (Wildman–Crippen LogP) is 2.69. The van der Waals surface area contributed by atoms with Crippen LogP contribution in [0.4, 0.5) is 0 Å². The molecule has 1 aliphatic carbocycles. The molecule has 2 aromatic heterocycles. The van der Waals surface area contributed by atoms with E-state index < -0.39 is 0 Å². The van der Waals surface area contributed by atoms with E-state index >= 15 is 0 Å². The number of amides is 1. The lowest BCUT2D eigenvalue weighted by Gasteiger charge is -2.32. The molecule has 0 radical (unpaired) electrons. The highest BCUT2D eigenvalue weighted by molar-refractivity contribution is 7.12. The number of piperidine rings is 1. The van der Waals surface area contributed by atoms with Gasteiger partial charge in [-0.1, -0.05) is 0 Å². The lowest BCUT2D eigenvalue weighted by Crippen LogP contribution is -2.40. The Labute approximate surface area is 127 Å². The van der Waals surface area contributed by atoms with Gasteiger partial charge >= 0.3 is 0 Å². The summed E-state index contributed by atoms with van der Waals surface area (Å²) in [5.41, 5.74) is 1.27. The number of hydrogen-bond donors (Lipinski definition) is 0. The molecule has 4 rings (SSSR count). The van der Waals surface area contributed by atoms with E-state index in [1.165, 1.54) is 18.4 Å². The number of likely N-dealkylation sites (tertiary alicyclic amines) is 1. The maximum atomic E-state index is 12.8. The smallest absolute Gasteiger partial charge is 0.264 e. The Bertz CT molecular complexity index is 632. The van der Waals surface area contributed by atoms with Gasteiger partial charge in [0, 0.05) is 13.1 Å². The van der Waals surface area contributed by atoms with E-state index in [4.69, 9.17) is 0 Å². The minimum Gasteiger partial charge on any atom is -0.336 e. The van der Waals surface area contributed by atoms with Gasteiger partial charge in [-0.3, -0.25) is 4.79 Å². The molecule has 3 heterocycles. The van der Waals surface area contributed by atoms with Gasteiger partial charge in [0.25, 0.3) is 5.91 Å². The molecular formula is C15H18N4OS. The van der Waals surface area contributed by atoms with Gasteiger partial charge in [0.2, 0.25) is 0 Å². The highest BCUT2D eigenvalue weighted by Gasteiger charge is 2.32. The summed E-state index contributed by atoms with van der Waals surface area (Å²) in [5.74, 6) is 0.836. The zero-order valence-corrected chi connectivity index (χ0v) is 12.6. The highest BCUT2D eigenvalue weighted by Crippen LogP contribution is 2.43. The van der Waals surface area contributed by atoms with Gasteiger partial charge in [0.15, 0.2) is 0 Å². The third-order valence-electron chi connectivity index (χ3n) is 4.40. The van der Waals surface area contributed by atoms with Crippen LogP contribution in [0.25, 0.3) is 0 Å². The summed E-state index contributed by atoms with van der Waals surface area (Å²) in [6, 6.07) is 2.39. The second kappa shape index (κ2) is 5.26. The van der Waals surface area contributed by atoms with E-state index in [2.05, 4.69) is 21.5 Å². The second-order valence-corrected chi connectivity index (χ2v) is 6.82. The van der Waals surface area contributed by atoms with Gasteiger partial charge in [0.05, 0.1) is 10.9 Å². The fraction of sp³-hybridized carbons (Fsp3) is 0.533.